The number of carbonyl (C=O) groups excluding carboxylic acids is 1. The number of ether oxygens (including phenoxy) is 1. The molecule has 9 heteroatoms. The first-order valence-corrected chi connectivity index (χ1v) is 11.6. The van der Waals surface area contributed by atoms with Gasteiger partial charge in [-0.2, -0.15) is 0 Å². The van der Waals surface area contributed by atoms with Gasteiger partial charge >= 0.3 is 0 Å². The summed E-state index contributed by atoms with van der Waals surface area (Å²) in [7, 11) is -3.56. The van der Waals surface area contributed by atoms with Gasteiger partial charge < -0.3 is 10.1 Å². The molecule has 3 N–H and O–H groups in total. The SMILES string of the molecule is CCCCOc1cccc(C(=O)NC(=S)Nc2ccc(S(=O)(=O)NC(C)C)cc2)c1. The van der Waals surface area contributed by atoms with Crippen LogP contribution in [0, 0.1) is 0 Å². The molecule has 2 aromatic rings. The van der Waals surface area contributed by atoms with Crippen LogP contribution in [-0.4, -0.2) is 32.1 Å². The maximum atomic E-state index is 12.4. The van der Waals surface area contributed by atoms with E-state index in [1.165, 1.54) is 12.1 Å². The molecule has 0 radical (unpaired) electrons. The van der Waals surface area contributed by atoms with Gasteiger partial charge in [-0.05, 0) is 75.0 Å². The molecule has 162 valence electrons. The molecule has 0 aromatic heterocycles. The Balaban J connectivity index is 1.95. The molecule has 0 atom stereocenters. The van der Waals surface area contributed by atoms with E-state index in [9.17, 15) is 13.2 Å². The highest BCUT2D eigenvalue weighted by atomic mass is 32.2. The predicted octanol–water partition coefficient (Wildman–Crippen LogP) is 3.68. The zero-order valence-electron chi connectivity index (χ0n) is 17.3. The quantitative estimate of drug-likeness (QED) is 0.399. The van der Waals surface area contributed by atoms with E-state index in [0.29, 0.717) is 23.6 Å². The Bertz CT molecular complexity index is 974. The molecule has 0 fully saturated rings. The van der Waals surface area contributed by atoms with Crippen molar-refractivity contribution in [1.82, 2.24) is 10.0 Å². The Morgan fingerprint density at radius 2 is 1.83 bits per heavy atom. The summed E-state index contributed by atoms with van der Waals surface area (Å²) in [6.07, 6.45) is 1.97. The molecule has 30 heavy (non-hydrogen) atoms. The fourth-order valence-corrected chi connectivity index (χ4v) is 3.96. The van der Waals surface area contributed by atoms with E-state index in [2.05, 4.69) is 22.3 Å². The number of amides is 1. The van der Waals surface area contributed by atoms with Crippen molar-refractivity contribution >= 4 is 38.9 Å². The molecule has 2 rings (SSSR count). The van der Waals surface area contributed by atoms with Gasteiger partial charge in [-0.3, -0.25) is 10.1 Å². The van der Waals surface area contributed by atoms with E-state index >= 15 is 0 Å². The Kier molecular flexibility index (Phi) is 8.76. The molecule has 2 aromatic carbocycles. The fourth-order valence-electron chi connectivity index (χ4n) is 2.49. The molecule has 0 heterocycles. The lowest BCUT2D eigenvalue weighted by Crippen LogP contribution is -2.34. The number of nitrogens with one attached hydrogen (secondary N) is 3. The molecule has 0 aliphatic rings. The van der Waals surface area contributed by atoms with E-state index in [1.807, 2.05) is 0 Å². The van der Waals surface area contributed by atoms with Crippen molar-refractivity contribution in [2.24, 2.45) is 0 Å². The number of sulfonamides is 1. The van der Waals surface area contributed by atoms with Gasteiger partial charge in [-0.25, -0.2) is 13.1 Å². The lowest BCUT2D eigenvalue weighted by atomic mass is 10.2. The van der Waals surface area contributed by atoms with E-state index in [-0.39, 0.29) is 22.0 Å². The lowest BCUT2D eigenvalue weighted by molar-refractivity contribution is 0.0977. The van der Waals surface area contributed by atoms with Crippen molar-refractivity contribution in [3.8, 4) is 5.75 Å². The second kappa shape index (κ2) is 11.1. The number of benzene rings is 2. The van der Waals surface area contributed by atoms with Crippen LogP contribution in [-0.2, 0) is 10.0 Å². The van der Waals surface area contributed by atoms with Gasteiger partial charge in [0.05, 0.1) is 11.5 Å². The van der Waals surface area contributed by atoms with Gasteiger partial charge in [-0.1, -0.05) is 19.4 Å². The van der Waals surface area contributed by atoms with Gasteiger partial charge in [0.25, 0.3) is 5.91 Å². The molecule has 0 spiro atoms. The maximum Gasteiger partial charge on any atom is 0.257 e. The minimum atomic E-state index is -3.56. The average Bonchev–Trinajstić information content (AvgIpc) is 2.68. The van der Waals surface area contributed by atoms with Crippen LogP contribution in [0.4, 0.5) is 5.69 Å². The zero-order valence-corrected chi connectivity index (χ0v) is 18.9. The summed E-state index contributed by atoms with van der Waals surface area (Å²) in [4.78, 5) is 12.6. The number of unbranched alkanes of at least 4 members (excludes halogenated alkanes) is 1. The van der Waals surface area contributed by atoms with Crippen LogP contribution < -0.4 is 20.1 Å². The van der Waals surface area contributed by atoms with Gasteiger partial charge in [0.1, 0.15) is 5.75 Å². The largest absolute Gasteiger partial charge is 0.494 e. The molecule has 1 amide bonds. The second-order valence-electron chi connectivity index (χ2n) is 6.94. The first kappa shape index (κ1) is 23.8. The highest BCUT2D eigenvalue weighted by molar-refractivity contribution is 7.89. The smallest absolute Gasteiger partial charge is 0.257 e. The Morgan fingerprint density at radius 3 is 2.47 bits per heavy atom. The molecular formula is C21H27N3O4S2. The standard InChI is InChI=1S/C21H27N3O4S2/c1-4-5-13-28-18-8-6-7-16(14-18)20(25)23-21(29)22-17-9-11-19(12-10-17)30(26,27)24-15(2)3/h6-12,14-15,24H,4-5,13H2,1-3H3,(H2,22,23,25,29). The number of carbonyl (C=O) groups is 1. The first-order chi connectivity index (χ1) is 14.2. The Morgan fingerprint density at radius 1 is 1.13 bits per heavy atom. The van der Waals surface area contributed by atoms with Gasteiger partial charge in [0.2, 0.25) is 10.0 Å². The highest BCUT2D eigenvalue weighted by Gasteiger charge is 2.15. The number of hydrogen-bond donors (Lipinski definition) is 3. The van der Waals surface area contributed by atoms with Crippen molar-refractivity contribution in [3.05, 3.63) is 54.1 Å². The van der Waals surface area contributed by atoms with Crippen molar-refractivity contribution in [3.63, 3.8) is 0 Å². The molecule has 0 saturated heterocycles. The summed E-state index contributed by atoms with van der Waals surface area (Å²) >= 11 is 5.19. The molecule has 0 bridgehead atoms. The maximum absolute atomic E-state index is 12.4. The molecule has 0 unspecified atom stereocenters. The van der Waals surface area contributed by atoms with Crippen LogP contribution in [0.15, 0.2) is 53.4 Å². The summed E-state index contributed by atoms with van der Waals surface area (Å²) in [6, 6.07) is 12.8. The zero-order chi connectivity index (χ0) is 22.1. The Labute approximate surface area is 183 Å². The minimum absolute atomic E-state index is 0.105. The molecule has 0 aliphatic heterocycles. The van der Waals surface area contributed by atoms with Gasteiger partial charge in [0, 0.05) is 17.3 Å². The van der Waals surface area contributed by atoms with Crippen LogP contribution in [0.5, 0.6) is 5.75 Å². The van der Waals surface area contributed by atoms with Crippen molar-refractivity contribution in [2.45, 2.75) is 44.6 Å². The van der Waals surface area contributed by atoms with Crippen LogP contribution in [0.2, 0.25) is 0 Å². The predicted molar refractivity (Wildman–Crippen MR) is 122 cm³/mol. The third-order valence-corrected chi connectivity index (χ3v) is 5.78. The number of rotatable bonds is 9. The molecule has 7 nitrogen and oxygen atoms in total. The topological polar surface area (TPSA) is 96.5 Å². The first-order valence-electron chi connectivity index (χ1n) is 9.69. The number of thiocarbonyl (C=S) groups is 1. The third kappa shape index (κ3) is 7.40. The Hall–Kier alpha value is -2.49. The van der Waals surface area contributed by atoms with Crippen LogP contribution in [0.1, 0.15) is 44.0 Å². The van der Waals surface area contributed by atoms with Crippen molar-refractivity contribution in [2.75, 3.05) is 11.9 Å². The average molecular weight is 450 g/mol. The molecular weight excluding hydrogens is 422 g/mol. The van der Waals surface area contributed by atoms with E-state index in [4.69, 9.17) is 17.0 Å². The minimum Gasteiger partial charge on any atom is -0.494 e. The number of hydrogen-bond acceptors (Lipinski definition) is 5. The number of anilines is 1. The van der Waals surface area contributed by atoms with E-state index in [0.717, 1.165) is 12.8 Å². The summed E-state index contributed by atoms with van der Waals surface area (Å²) in [5.74, 6) is 0.260. The second-order valence-corrected chi connectivity index (χ2v) is 9.06. The summed E-state index contributed by atoms with van der Waals surface area (Å²) in [6.45, 7) is 6.18. The molecule has 0 saturated carbocycles. The van der Waals surface area contributed by atoms with E-state index < -0.39 is 10.0 Å². The summed E-state index contributed by atoms with van der Waals surface area (Å²) in [5.41, 5.74) is 0.981. The van der Waals surface area contributed by atoms with E-state index in [1.54, 1.807) is 50.2 Å². The van der Waals surface area contributed by atoms with Crippen molar-refractivity contribution < 1.29 is 17.9 Å². The van der Waals surface area contributed by atoms with Crippen LogP contribution in [0.25, 0.3) is 0 Å². The molecule has 0 aliphatic carbocycles. The third-order valence-electron chi connectivity index (χ3n) is 3.90. The summed E-state index contributed by atoms with van der Waals surface area (Å²) in [5, 5.41) is 5.58. The van der Waals surface area contributed by atoms with Crippen molar-refractivity contribution in [1.29, 1.82) is 0 Å². The highest BCUT2D eigenvalue weighted by Crippen LogP contribution is 2.16. The van der Waals surface area contributed by atoms with Gasteiger partial charge in [0.15, 0.2) is 5.11 Å². The van der Waals surface area contributed by atoms with Crippen LogP contribution >= 0.6 is 12.2 Å². The fraction of sp³-hybridized carbons (Fsp3) is 0.333. The van der Waals surface area contributed by atoms with Gasteiger partial charge in [-0.15, -0.1) is 0 Å². The monoisotopic (exact) mass is 449 g/mol. The lowest BCUT2D eigenvalue weighted by Gasteiger charge is -2.12. The normalized spacial score (nSPS) is 11.2. The van der Waals surface area contributed by atoms with Crippen LogP contribution in [0.3, 0.4) is 0 Å². The summed E-state index contributed by atoms with van der Waals surface area (Å²) < 4.78 is 32.5.